The van der Waals surface area contributed by atoms with Crippen molar-refractivity contribution in [1.29, 1.82) is 0 Å². The van der Waals surface area contributed by atoms with Crippen LogP contribution in [0.25, 0.3) is 0 Å². The molecule has 7 nitrogen and oxygen atoms in total. The van der Waals surface area contributed by atoms with Gasteiger partial charge in [-0.15, -0.1) is 0 Å². The Balaban J connectivity index is 0.927. The molecule has 20 atom stereocenters. The van der Waals surface area contributed by atoms with Gasteiger partial charge in [0.15, 0.2) is 16.6 Å². The fraction of sp³-hybridized carbons (Fsp3) is 0.889. The predicted molar refractivity (Wildman–Crippen MR) is 258 cm³/mol. The summed E-state index contributed by atoms with van der Waals surface area (Å²) in [4.78, 5) is 25.7. The van der Waals surface area contributed by atoms with Crippen molar-refractivity contribution >= 4 is 28.2 Å². The van der Waals surface area contributed by atoms with Crippen molar-refractivity contribution in [3.8, 4) is 0 Å². The van der Waals surface area contributed by atoms with Gasteiger partial charge in [-0.3, -0.25) is 9.59 Å². The highest BCUT2D eigenvalue weighted by atomic mass is 28.4. The van der Waals surface area contributed by atoms with E-state index in [4.69, 9.17) is 4.12 Å². The van der Waals surface area contributed by atoms with E-state index in [0.29, 0.717) is 71.8 Å². The van der Waals surface area contributed by atoms with Crippen molar-refractivity contribution in [1.82, 2.24) is 0 Å². The first-order valence-corrected chi connectivity index (χ1v) is 32.3. The van der Waals surface area contributed by atoms with Crippen molar-refractivity contribution in [3.05, 3.63) is 23.3 Å². The second-order valence-electron chi connectivity index (χ2n) is 26.4. The molecule has 0 saturated heterocycles. The van der Waals surface area contributed by atoms with Crippen molar-refractivity contribution in [2.45, 2.75) is 208 Å². The van der Waals surface area contributed by atoms with Crippen LogP contribution in [0.4, 0.5) is 0 Å². The maximum absolute atomic E-state index is 12.8. The molecule has 8 unspecified atom stereocenters. The fourth-order valence-electron chi connectivity index (χ4n) is 19.4. The summed E-state index contributed by atoms with van der Waals surface area (Å²) in [5.74, 6) is 4.31. The van der Waals surface area contributed by atoms with Gasteiger partial charge >= 0.3 is 0 Å². The van der Waals surface area contributed by atoms with Gasteiger partial charge in [0.2, 0.25) is 0 Å². The molecule has 8 aliphatic carbocycles. The van der Waals surface area contributed by atoms with Crippen LogP contribution in [-0.2, 0) is 13.7 Å². The molecule has 0 aromatic carbocycles. The number of carbonyl (C=O) groups excluding carboxylic acids is 2. The van der Waals surface area contributed by atoms with Crippen LogP contribution in [0.15, 0.2) is 23.3 Å². The third-order valence-electron chi connectivity index (χ3n) is 21.4. The van der Waals surface area contributed by atoms with E-state index >= 15 is 0 Å². The lowest BCUT2D eigenvalue weighted by atomic mass is 9.44. The monoisotopic (exact) mass is 907 g/mol. The largest absolute Gasteiger partial charge is 0.455 e. The van der Waals surface area contributed by atoms with E-state index < -0.39 is 28.8 Å². The van der Waals surface area contributed by atoms with Gasteiger partial charge in [0, 0.05) is 11.8 Å². The second kappa shape index (κ2) is 16.9. The minimum atomic E-state index is -2.09. The summed E-state index contributed by atoms with van der Waals surface area (Å²) < 4.78 is 7.46. The number of rotatable bonds is 12. The van der Waals surface area contributed by atoms with E-state index in [9.17, 15) is 30.0 Å². The van der Waals surface area contributed by atoms with Crippen LogP contribution in [0.3, 0.4) is 0 Å². The van der Waals surface area contributed by atoms with E-state index in [1.165, 1.54) is 11.1 Å². The van der Waals surface area contributed by atoms with Gasteiger partial charge < -0.3 is 24.5 Å². The summed E-state index contributed by atoms with van der Waals surface area (Å²) in [7, 11) is -4.18. The maximum atomic E-state index is 12.8. The SMILES string of the molecule is CC(=O)[C@H]1CC[C@H]2[C@@H]3C(O)C=C4CC(O)CC(CC(C)C[Si](C)(C)O[Si](C)(C)CC(C)CC5CC(O)CC6=CC(O)[C@H]7[C@@H]8CC[C@H](C(C)=O)[C@@]8(C)CC[C@@H]7[C@]65C)[C@]4(C)[C@H]3CC[C@]12C. The van der Waals surface area contributed by atoms with Gasteiger partial charge in [0.25, 0.3) is 0 Å². The average Bonchev–Trinajstić information content (AvgIpc) is 3.69. The predicted octanol–water partition coefficient (Wildman–Crippen LogP) is 10.9. The summed E-state index contributed by atoms with van der Waals surface area (Å²) >= 11 is 0. The van der Waals surface area contributed by atoms with Crippen molar-refractivity contribution in [2.75, 3.05) is 0 Å². The normalized spacial score (nSPS) is 48.0. The van der Waals surface area contributed by atoms with Crippen LogP contribution in [0.2, 0.25) is 38.3 Å². The Morgan fingerprint density at radius 3 is 1.33 bits per heavy atom. The Kier molecular flexibility index (Phi) is 13.0. The molecule has 0 heterocycles. The summed E-state index contributed by atoms with van der Waals surface area (Å²) in [6.07, 6.45) is 15.9. The number of Topliss-reactive ketones (excluding diaryl/α,β-unsaturated/α-hetero) is 2. The zero-order valence-corrected chi connectivity index (χ0v) is 43.7. The van der Waals surface area contributed by atoms with Crippen LogP contribution >= 0.6 is 0 Å². The third kappa shape index (κ3) is 8.21. The molecule has 0 bridgehead atoms. The quantitative estimate of drug-likeness (QED) is 0.114. The topological polar surface area (TPSA) is 124 Å². The maximum Gasteiger partial charge on any atom is 0.173 e. The summed E-state index contributed by atoms with van der Waals surface area (Å²) in [5.41, 5.74) is 2.42. The zero-order valence-electron chi connectivity index (χ0n) is 41.7. The van der Waals surface area contributed by atoms with Crippen LogP contribution in [0.1, 0.15) is 145 Å². The molecule has 0 amide bonds. The minimum Gasteiger partial charge on any atom is -0.455 e. The van der Waals surface area contributed by atoms with Gasteiger partial charge in [0.1, 0.15) is 11.6 Å². The Morgan fingerprint density at radius 1 is 0.619 bits per heavy atom. The summed E-state index contributed by atoms with van der Waals surface area (Å²) in [5, 5.41) is 46.3. The molecule has 0 aromatic rings. The zero-order chi connectivity index (χ0) is 46.0. The van der Waals surface area contributed by atoms with Crippen LogP contribution in [0, 0.1) is 92.7 Å². The second-order valence-corrected chi connectivity index (χ2v) is 35.0. The lowest BCUT2D eigenvalue weighted by molar-refractivity contribution is -0.134. The number of hydrogen-bond acceptors (Lipinski definition) is 7. The van der Waals surface area contributed by atoms with Gasteiger partial charge in [0.05, 0.1) is 24.4 Å². The molecule has 0 aliphatic heterocycles. The van der Waals surface area contributed by atoms with Crippen LogP contribution < -0.4 is 0 Å². The average molecular weight is 907 g/mol. The highest BCUT2D eigenvalue weighted by molar-refractivity contribution is 6.84. The molecule has 356 valence electrons. The molecular formula is C54H90O7Si2. The number of aliphatic hydroxyl groups is 4. The molecule has 6 fully saturated rings. The first-order valence-electron chi connectivity index (χ1n) is 26.1. The van der Waals surface area contributed by atoms with E-state index in [1.54, 1.807) is 13.8 Å². The Hall–Kier alpha value is -0.946. The molecule has 63 heavy (non-hydrogen) atoms. The van der Waals surface area contributed by atoms with Crippen molar-refractivity contribution in [2.24, 2.45) is 92.7 Å². The molecule has 8 aliphatic rings. The lowest BCUT2D eigenvalue weighted by Crippen LogP contribution is -2.57. The van der Waals surface area contributed by atoms with E-state index in [-0.39, 0.29) is 57.5 Å². The van der Waals surface area contributed by atoms with E-state index in [1.807, 2.05) is 0 Å². The smallest absolute Gasteiger partial charge is 0.173 e. The molecule has 8 rings (SSSR count). The highest BCUT2D eigenvalue weighted by Crippen LogP contribution is 2.70. The molecule has 0 spiro atoms. The van der Waals surface area contributed by atoms with E-state index in [2.05, 4.69) is 79.9 Å². The first-order chi connectivity index (χ1) is 29.2. The number of fused-ring (bicyclic) bond motifs is 10. The number of ketones is 2. The van der Waals surface area contributed by atoms with Crippen LogP contribution in [-0.4, -0.2) is 73.0 Å². The van der Waals surface area contributed by atoms with Gasteiger partial charge in [-0.2, -0.15) is 0 Å². The standard InChI is InChI=1S/C54H90O7Si2/c1-31(21-35-23-39(57)25-37-27-47(59)49-43-15-13-41(33(3)55)51(43,5)19-17-45(49)53(35,37)7)29-62(9,10)61-63(11,12)30-32(2)22-36-24-40(58)26-38-28-48(60)50-44-16-14-42(34(4)56)52(44,6)20-18-46(50)54(36,38)8/h27-28,31-32,35-36,39-50,57-60H,13-26,29-30H2,1-12H3/t31?,32?,35?,36?,39?,40?,41-,42-,43+,44+,45+,46+,47?,48?,49+,50+,51-,52-,53+,54+/m1/s1. The molecule has 0 radical (unpaired) electrons. The Morgan fingerprint density at radius 2 is 0.984 bits per heavy atom. The summed E-state index contributed by atoms with van der Waals surface area (Å²) in [6.45, 7) is 27.8. The minimum absolute atomic E-state index is 0.0265. The number of hydrogen-bond donors (Lipinski definition) is 4. The molecule has 9 heteroatoms. The molecule has 4 N–H and O–H groups in total. The van der Waals surface area contributed by atoms with Gasteiger partial charge in [-0.25, -0.2) is 0 Å². The highest BCUT2D eigenvalue weighted by Gasteiger charge is 2.65. The van der Waals surface area contributed by atoms with E-state index in [0.717, 1.165) is 89.1 Å². The molecule has 6 saturated carbocycles. The van der Waals surface area contributed by atoms with Crippen molar-refractivity contribution < 1.29 is 34.1 Å². The third-order valence-corrected chi connectivity index (χ3v) is 29.2. The van der Waals surface area contributed by atoms with Gasteiger partial charge in [-0.05, 0) is 223 Å². The molecular weight excluding hydrogens is 817 g/mol. The lowest BCUT2D eigenvalue weighted by Gasteiger charge is -2.61. The number of aliphatic hydroxyl groups excluding tert-OH is 4. The Labute approximate surface area is 384 Å². The van der Waals surface area contributed by atoms with Crippen molar-refractivity contribution in [3.63, 3.8) is 0 Å². The first kappa shape index (κ1) is 48.5. The van der Waals surface area contributed by atoms with Gasteiger partial charge in [-0.1, -0.05) is 64.8 Å². The number of carbonyl (C=O) groups is 2. The molecule has 0 aromatic heterocycles. The fourth-order valence-corrected chi connectivity index (χ4v) is 29.7. The Bertz CT molecular complexity index is 1700. The van der Waals surface area contributed by atoms with Crippen LogP contribution in [0.5, 0.6) is 0 Å². The summed E-state index contributed by atoms with van der Waals surface area (Å²) in [6, 6.07) is 2.18.